The minimum absolute atomic E-state index is 0.223. The number of hydrazone groups is 1. The summed E-state index contributed by atoms with van der Waals surface area (Å²) in [5, 5.41) is 3.97. The Morgan fingerprint density at radius 2 is 1.53 bits per heavy atom. The lowest BCUT2D eigenvalue weighted by Gasteiger charge is -2.13. The molecule has 0 atom stereocenters. The molecule has 3 aromatic carbocycles. The van der Waals surface area contributed by atoms with Gasteiger partial charge in [-0.2, -0.15) is 5.10 Å². The van der Waals surface area contributed by atoms with E-state index in [0.29, 0.717) is 23.0 Å². The number of esters is 1. The zero-order valence-electron chi connectivity index (χ0n) is 18.8. The molecule has 1 N–H and O–H groups in total. The van der Waals surface area contributed by atoms with E-state index in [4.69, 9.17) is 18.9 Å². The maximum Gasteiger partial charge on any atom is 0.343 e. The average Bonchev–Trinajstić information content (AvgIpc) is 2.85. The number of halogens is 1. The van der Waals surface area contributed by atoms with Crippen molar-refractivity contribution in [1.82, 2.24) is 5.43 Å². The van der Waals surface area contributed by atoms with Crippen LogP contribution in [0.1, 0.15) is 21.5 Å². The number of hydrogen-bond acceptors (Lipinski definition) is 7. The van der Waals surface area contributed by atoms with Crippen molar-refractivity contribution in [2.24, 2.45) is 5.10 Å². The van der Waals surface area contributed by atoms with E-state index in [9.17, 15) is 9.59 Å². The normalized spacial score (nSPS) is 10.6. The number of nitrogens with zero attached hydrogens (tertiary/aromatic N) is 1. The summed E-state index contributed by atoms with van der Waals surface area (Å²) < 4.78 is 22.2. The second kappa shape index (κ2) is 11.9. The van der Waals surface area contributed by atoms with E-state index in [1.807, 2.05) is 24.3 Å². The monoisotopic (exact) mass is 526 g/mol. The molecule has 0 saturated carbocycles. The Kier molecular flexibility index (Phi) is 8.64. The topological polar surface area (TPSA) is 95.5 Å². The SMILES string of the molecule is COc1cc(C(=O)Oc2ccc(/C=N\NC(=O)Cc3ccc(Br)cc3)cc2)cc(OC)c1OC. The molecule has 0 radical (unpaired) electrons. The van der Waals surface area contributed by atoms with Gasteiger partial charge in [0.1, 0.15) is 5.75 Å². The van der Waals surface area contributed by atoms with Gasteiger partial charge in [0.05, 0.1) is 39.5 Å². The van der Waals surface area contributed by atoms with Crippen molar-refractivity contribution < 1.29 is 28.5 Å². The molecule has 8 nitrogen and oxygen atoms in total. The third-order valence-corrected chi connectivity index (χ3v) is 5.20. The molecule has 1 amide bonds. The van der Waals surface area contributed by atoms with E-state index in [2.05, 4.69) is 26.5 Å². The molecule has 0 spiro atoms. The van der Waals surface area contributed by atoms with Crippen LogP contribution in [0.15, 0.2) is 70.2 Å². The Balaban J connectivity index is 1.58. The van der Waals surface area contributed by atoms with Gasteiger partial charge in [0.25, 0.3) is 0 Å². The van der Waals surface area contributed by atoms with Gasteiger partial charge in [-0.15, -0.1) is 0 Å². The maximum absolute atomic E-state index is 12.6. The summed E-state index contributed by atoms with van der Waals surface area (Å²) in [6, 6.07) is 17.2. The van der Waals surface area contributed by atoms with Gasteiger partial charge in [0.2, 0.25) is 11.7 Å². The van der Waals surface area contributed by atoms with Gasteiger partial charge >= 0.3 is 5.97 Å². The zero-order valence-corrected chi connectivity index (χ0v) is 20.4. The second-order valence-electron chi connectivity index (χ2n) is 6.97. The number of ether oxygens (including phenoxy) is 4. The lowest BCUT2D eigenvalue weighted by Crippen LogP contribution is -2.19. The second-order valence-corrected chi connectivity index (χ2v) is 7.88. The van der Waals surface area contributed by atoms with E-state index in [0.717, 1.165) is 15.6 Å². The molecular weight excluding hydrogens is 504 g/mol. The molecule has 9 heteroatoms. The van der Waals surface area contributed by atoms with Gasteiger partial charge < -0.3 is 18.9 Å². The van der Waals surface area contributed by atoms with Crippen LogP contribution in [0.5, 0.6) is 23.0 Å². The van der Waals surface area contributed by atoms with Crippen LogP contribution < -0.4 is 24.4 Å². The molecule has 0 aromatic heterocycles. The molecule has 0 aliphatic rings. The number of carbonyl (C=O) groups excluding carboxylic acids is 2. The Bertz CT molecular complexity index is 1150. The third kappa shape index (κ3) is 6.58. The molecule has 3 rings (SSSR count). The summed E-state index contributed by atoms with van der Waals surface area (Å²) in [6.45, 7) is 0. The Labute approximate surface area is 205 Å². The minimum Gasteiger partial charge on any atom is -0.493 e. The Morgan fingerprint density at radius 1 is 0.912 bits per heavy atom. The zero-order chi connectivity index (χ0) is 24.5. The van der Waals surface area contributed by atoms with Crippen molar-refractivity contribution in [1.29, 1.82) is 0 Å². The number of carbonyl (C=O) groups is 2. The van der Waals surface area contributed by atoms with E-state index in [-0.39, 0.29) is 17.9 Å². The molecule has 0 aliphatic carbocycles. The first-order valence-corrected chi connectivity index (χ1v) is 10.9. The summed E-state index contributed by atoms with van der Waals surface area (Å²) in [6.07, 6.45) is 1.73. The van der Waals surface area contributed by atoms with Crippen LogP contribution in [0.25, 0.3) is 0 Å². The molecule has 0 bridgehead atoms. The summed E-state index contributed by atoms with van der Waals surface area (Å²) in [5.41, 5.74) is 4.34. The molecule has 34 heavy (non-hydrogen) atoms. The number of benzene rings is 3. The molecule has 3 aromatic rings. The number of hydrogen-bond donors (Lipinski definition) is 1. The molecule has 0 saturated heterocycles. The highest BCUT2D eigenvalue weighted by atomic mass is 79.9. The van der Waals surface area contributed by atoms with Crippen LogP contribution in [0.3, 0.4) is 0 Å². The van der Waals surface area contributed by atoms with E-state index in [1.54, 1.807) is 24.3 Å². The Hall–Kier alpha value is -3.85. The van der Waals surface area contributed by atoms with E-state index < -0.39 is 5.97 Å². The first-order valence-electron chi connectivity index (χ1n) is 10.1. The van der Waals surface area contributed by atoms with Crippen molar-refractivity contribution in [3.63, 3.8) is 0 Å². The van der Waals surface area contributed by atoms with Gasteiger partial charge in [0.15, 0.2) is 11.5 Å². The molecule has 176 valence electrons. The molecule has 0 fully saturated rings. The molecule has 0 unspecified atom stereocenters. The minimum atomic E-state index is -0.583. The fourth-order valence-corrected chi connectivity index (χ4v) is 3.26. The number of rotatable bonds is 9. The van der Waals surface area contributed by atoms with Crippen molar-refractivity contribution in [3.8, 4) is 23.0 Å². The van der Waals surface area contributed by atoms with E-state index in [1.165, 1.54) is 39.7 Å². The van der Waals surface area contributed by atoms with Crippen molar-refractivity contribution in [2.75, 3.05) is 21.3 Å². The van der Waals surface area contributed by atoms with E-state index >= 15 is 0 Å². The lowest BCUT2D eigenvalue weighted by atomic mass is 10.1. The van der Waals surface area contributed by atoms with Gasteiger partial charge in [-0.3, -0.25) is 4.79 Å². The standard InChI is InChI=1S/C25H23BrN2O6/c1-31-21-13-18(14-22(32-2)24(21)33-3)25(30)34-20-10-6-17(7-11-20)15-27-28-23(29)12-16-4-8-19(26)9-5-16/h4-11,13-15H,12H2,1-3H3,(H,28,29)/b27-15-. The number of amides is 1. The smallest absolute Gasteiger partial charge is 0.343 e. The van der Waals surface area contributed by atoms with Gasteiger partial charge in [-0.05, 0) is 59.7 Å². The van der Waals surface area contributed by atoms with Crippen LogP contribution in [-0.4, -0.2) is 39.4 Å². The van der Waals surface area contributed by atoms with Crippen LogP contribution in [0, 0.1) is 0 Å². The van der Waals surface area contributed by atoms with Crippen molar-refractivity contribution >= 4 is 34.0 Å². The van der Waals surface area contributed by atoms with Crippen LogP contribution >= 0.6 is 15.9 Å². The first kappa shape index (κ1) is 24.8. The molecule has 0 heterocycles. The quantitative estimate of drug-likeness (QED) is 0.192. The predicted octanol–water partition coefficient (Wildman–Crippen LogP) is 4.39. The number of methoxy groups -OCH3 is 3. The van der Waals surface area contributed by atoms with Crippen LogP contribution in [0.2, 0.25) is 0 Å². The highest BCUT2D eigenvalue weighted by Crippen LogP contribution is 2.38. The maximum atomic E-state index is 12.6. The van der Waals surface area contributed by atoms with Gasteiger partial charge in [-0.1, -0.05) is 28.1 Å². The van der Waals surface area contributed by atoms with Gasteiger partial charge in [0, 0.05) is 4.47 Å². The molecule has 0 aliphatic heterocycles. The summed E-state index contributed by atoms with van der Waals surface area (Å²) in [4.78, 5) is 24.6. The summed E-state index contributed by atoms with van der Waals surface area (Å²) in [5.74, 6) is 0.615. The number of nitrogens with one attached hydrogen (secondary N) is 1. The van der Waals surface area contributed by atoms with Crippen molar-refractivity contribution in [3.05, 3.63) is 81.8 Å². The highest BCUT2D eigenvalue weighted by molar-refractivity contribution is 9.10. The predicted molar refractivity (Wildman–Crippen MR) is 131 cm³/mol. The van der Waals surface area contributed by atoms with Gasteiger partial charge in [-0.25, -0.2) is 10.2 Å². The lowest BCUT2D eigenvalue weighted by molar-refractivity contribution is -0.120. The molecular formula is C25H23BrN2O6. The highest BCUT2D eigenvalue weighted by Gasteiger charge is 2.18. The summed E-state index contributed by atoms with van der Waals surface area (Å²) in [7, 11) is 4.42. The van der Waals surface area contributed by atoms with Crippen LogP contribution in [0.4, 0.5) is 0 Å². The Morgan fingerprint density at radius 3 is 2.09 bits per heavy atom. The largest absolute Gasteiger partial charge is 0.493 e. The third-order valence-electron chi connectivity index (χ3n) is 4.67. The first-order chi connectivity index (χ1) is 16.4. The fraction of sp³-hybridized carbons (Fsp3) is 0.160. The fourth-order valence-electron chi connectivity index (χ4n) is 2.99. The van der Waals surface area contributed by atoms with Crippen molar-refractivity contribution in [2.45, 2.75) is 6.42 Å². The summed E-state index contributed by atoms with van der Waals surface area (Å²) >= 11 is 3.36. The average molecular weight is 527 g/mol. The van der Waals surface area contributed by atoms with Crippen LogP contribution in [-0.2, 0) is 11.2 Å².